The van der Waals surface area contributed by atoms with Gasteiger partial charge in [-0.05, 0) is 37.0 Å². The van der Waals surface area contributed by atoms with Gasteiger partial charge in [0.05, 0.1) is 0 Å². The number of rotatable bonds is 5. The summed E-state index contributed by atoms with van der Waals surface area (Å²) in [6, 6.07) is 0. The fourth-order valence-corrected chi connectivity index (χ4v) is 3.04. The van der Waals surface area contributed by atoms with Crippen molar-refractivity contribution in [2.45, 2.75) is 32.2 Å². The quantitative estimate of drug-likeness (QED) is 0.834. The minimum Gasteiger partial charge on any atom is -0.312 e. The van der Waals surface area contributed by atoms with Gasteiger partial charge in [0.15, 0.2) is 0 Å². The Morgan fingerprint density at radius 2 is 2.00 bits per heavy atom. The summed E-state index contributed by atoms with van der Waals surface area (Å²) in [5.41, 5.74) is 0.736. The van der Waals surface area contributed by atoms with Gasteiger partial charge in [0.25, 0.3) is 5.56 Å². The van der Waals surface area contributed by atoms with E-state index in [-0.39, 0.29) is 11.2 Å². The summed E-state index contributed by atoms with van der Waals surface area (Å²) in [4.78, 5) is 23.6. The van der Waals surface area contributed by atoms with Gasteiger partial charge in [-0.2, -0.15) is 0 Å². The normalized spacial score (nSPS) is 20.5. The lowest BCUT2D eigenvalue weighted by Gasteiger charge is -2.15. The topological polar surface area (TPSA) is 56.0 Å². The maximum atomic E-state index is 12.0. The van der Waals surface area contributed by atoms with Crippen molar-refractivity contribution < 1.29 is 0 Å². The molecule has 0 bridgehead atoms. The lowest BCUT2D eigenvalue weighted by atomic mass is 10.0. The molecule has 1 aromatic heterocycles. The third-order valence-electron chi connectivity index (χ3n) is 4.65. The van der Waals surface area contributed by atoms with Crippen molar-refractivity contribution >= 4 is 0 Å². The highest BCUT2D eigenvalue weighted by Crippen LogP contribution is 2.60. The number of hydrogen-bond acceptors (Lipinski definition) is 3. The van der Waals surface area contributed by atoms with Crippen molar-refractivity contribution in [3.05, 3.63) is 32.6 Å². The average Bonchev–Trinajstić information content (AvgIpc) is 3.24. The largest absolute Gasteiger partial charge is 0.330 e. The molecule has 19 heavy (non-hydrogen) atoms. The number of nitrogens with zero attached hydrogens (tertiary/aromatic N) is 2. The first-order chi connectivity index (χ1) is 9.03. The first kappa shape index (κ1) is 12.7. The van der Waals surface area contributed by atoms with E-state index in [2.05, 4.69) is 5.32 Å². The summed E-state index contributed by atoms with van der Waals surface area (Å²) < 4.78 is 2.64. The molecule has 1 N–H and O–H groups in total. The Balaban J connectivity index is 1.67. The molecular formula is C14H21N3O2. The maximum Gasteiger partial charge on any atom is 0.330 e. The Hall–Kier alpha value is -1.36. The van der Waals surface area contributed by atoms with Crippen LogP contribution in [0.1, 0.15) is 31.2 Å². The highest BCUT2D eigenvalue weighted by molar-refractivity contribution is 5.08. The monoisotopic (exact) mass is 263 g/mol. The molecule has 2 saturated carbocycles. The minimum absolute atomic E-state index is 0.188. The third kappa shape index (κ3) is 2.27. The first-order valence-corrected chi connectivity index (χ1v) is 7.00. The SMILES string of the molecule is Cn1cc(CNCC2(C3CC3)CC2)c(=O)n(C)c1=O. The van der Waals surface area contributed by atoms with Crippen LogP contribution in [0, 0.1) is 11.3 Å². The van der Waals surface area contributed by atoms with Crippen molar-refractivity contribution in [3.8, 4) is 0 Å². The van der Waals surface area contributed by atoms with Crippen LogP contribution in [0.5, 0.6) is 0 Å². The van der Waals surface area contributed by atoms with Gasteiger partial charge in [0.2, 0.25) is 0 Å². The molecule has 5 heteroatoms. The summed E-state index contributed by atoms with van der Waals surface area (Å²) in [5, 5.41) is 3.41. The predicted octanol–water partition coefficient (Wildman–Crippen LogP) is 0.364. The lowest BCUT2D eigenvalue weighted by Crippen LogP contribution is -2.40. The van der Waals surface area contributed by atoms with Crippen LogP contribution in [0.25, 0.3) is 0 Å². The standard InChI is InChI=1S/C14H21N3O2/c1-16-8-10(12(18)17(2)13(16)19)7-15-9-14(5-6-14)11-3-4-11/h8,11,15H,3-7,9H2,1-2H3. The lowest BCUT2D eigenvalue weighted by molar-refractivity contribution is 0.402. The Morgan fingerprint density at radius 1 is 1.32 bits per heavy atom. The number of nitrogens with one attached hydrogen (secondary N) is 1. The van der Waals surface area contributed by atoms with E-state index in [4.69, 9.17) is 0 Å². The van der Waals surface area contributed by atoms with Gasteiger partial charge < -0.3 is 9.88 Å². The minimum atomic E-state index is -0.273. The summed E-state index contributed by atoms with van der Waals surface area (Å²) in [5.74, 6) is 0.919. The molecule has 0 saturated heterocycles. The zero-order valence-electron chi connectivity index (χ0n) is 11.6. The molecule has 0 aliphatic heterocycles. The van der Waals surface area contributed by atoms with Crippen LogP contribution in [0.4, 0.5) is 0 Å². The highest BCUT2D eigenvalue weighted by Gasteiger charge is 2.53. The fourth-order valence-electron chi connectivity index (χ4n) is 3.04. The molecule has 2 fully saturated rings. The Bertz CT molecular complexity index is 606. The van der Waals surface area contributed by atoms with Crippen LogP contribution in [0.15, 0.2) is 15.8 Å². The molecule has 0 unspecified atom stereocenters. The summed E-state index contributed by atoms with van der Waals surface area (Å²) in [6.07, 6.45) is 7.06. The molecule has 2 aliphatic carbocycles. The van der Waals surface area contributed by atoms with E-state index in [9.17, 15) is 9.59 Å². The predicted molar refractivity (Wildman–Crippen MR) is 73.0 cm³/mol. The van der Waals surface area contributed by atoms with Crippen molar-refractivity contribution in [2.75, 3.05) is 6.54 Å². The smallest absolute Gasteiger partial charge is 0.312 e. The number of hydrogen-bond donors (Lipinski definition) is 1. The Morgan fingerprint density at radius 3 is 2.58 bits per heavy atom. The molecule has 1 aromatic rings. The van der Waals surface area contributed by atoms with E-state index in [1.165, 1.54) is 41.9 Å². The molecule has 0 atom stereocenters. The van der Waals surface area contributed by atoms with E-state index in [0.29, 0.717) is 17.5 Å². The molecule has 1 heterocycles. The zero-order chi connectivity index (χ0) is 13.6. The molecule has 2 aliphatic rings. The second-order valence-corrected chi connectivity index (χ2v) is 6.15. The maximum absolute atomic E-state index is 12.0. The van der Waals surface area contributed by atoms with Gasteiger partial charge in [0.1, 0.15) is 0 Å². The van der Waals surface area contributed by atoms with Gasteiger partial charge in [0, 0.05) is 38.9 Å². The molecular weight excluding hydrogens is 242 g/mol. The summed E-state index contributed by atoms with van der Waals surface area (Å²) >= 11 is 0. The van der Waals surface area contributed by atoms with Crippen LogP contribution < -0.4 is 16.6 Å². The Labute approximate surface area is 112 Å². The first-order valence-electron chi connectivity index (χ1n) is 7.00. The van der Waals surface area contributed by atoms with E-state index in [0.717, 1.165) is 12.5 Å². The van der Waals surface area contributed by atoms with Crippen LogP contribution >= 0.6 is 0 Å². The van der Waals surface area contributed by atoms with E-state index < -0.39 is 0 Å². The van der Waals surface area contributed by atoms with E-state index >= 15 is 0 Å². The molecule has 5 nitrogen and oxygen atoms in total. The molecule has 3 rings (SSSR count). The highest BCUT2D eigenvalue weighted by atomic mass is 16.2. The summed E-state index contributed by atoms with van der Waals surface area (Å²) in [7, 11) is 3.21. The van der Waals surface area contributed by atoms with E-state index in [1.54, 1.807) is 13.2 Å². The van der Waals surface area contributed by atoms with Crippen LogP contribution in [0.2, 0.25) is 0 Å². The van der Waals surface area contributed by atoms with Crippen LogP contribution in [-0.2, 0) is 20.6 Å². The van der Waals surface area contributed by atoms with Crippen LogP contribution in [0.3, 0.4) is 0 Å². The second-order valence-electron chi connectivity index (χ2n) is 6.15. The van der Waals surface area contributed by atoms with Crippen molar-refractivity contribution in [1.29, 1.82) is 0 Å². The Kier molecular flexibility index (Phi) is 2.89. The second kappa shape index (κ2) is 4.34. The third-order valence-corrected chi connectivity index (χ3v) is 4.65. The molecule has 0 aromatic carbocycles. The summed E-state index contributed by atoms with van der Waals surface area (Å²) in [6.45, 7) is 1.55. The van der Waals surface area contributed by atoms with E-state index in [1.807, 2.05) is 0 Å². The zero-order valence-corrected chi connectivity index (χ0v) is 11.6. The molecule has 0 spiro atoms. The van der Waals surface area contributed by atoms with Gasteiger partial charge >= 0.3 is 5.69 Å². The van der Waals surface area contributed by atoms with Gasteiger partial charge in [-0.1, -0.05) is 0 Å². The average molecular weight is 263 g/mol. The molecule has 0 amide bonds. The molecule has 104 valence electrons. The fraction of sp³-hybridized carbons (Fsp3) is 0.714. The van der Waals surface area contributed by atoms with Gasteiger partial charge in [-0.25, -0.2) is 4.79 Å². The number of aryl methyl sites for hydroxylation is 1. The van der Waals surface area contributed by atoms with Crippen molar-refractivity contribution in [1.82, 2.24) is 14.5 Å². The van der Waals surface area contributed by atoms with Crippen LogP contribution in [-0.4, -0.2) is 15.7 Å². The molecule has 0 radical (unpaired) electrons. The number of aromatic nitrogens is 2. The van der Waals surface area contributed by atoms with Gasteiger partial charge in [-0.3, -0.25) is 9.36 Å². The van der Waals surface area contributed by atoms with Crippen molar-refractivity contribution in [3.63, 3.8) is 0 Å². The van der Waals surface area contributed by atoms with Gasteiger partial charge in [-0.15, -0.1) is 0 Å². The van der Waals surface area contributed by atoms with Crippen molar-refractivity contribution in [2.24, 2.45) is 25.4 Å².